The topological polar surface area (TPSA) is 30.5 Å². The predicted octanol–water partition coefficient (Wildman–Crippen LogP) is 7.03. The molecule has 0 heterocycles. The number of ether oxygens (including phenoxy) is 2. The fourth-order valence-corrected chi connectivity index (χ4v) is 3.74. The lowest BCUT2D eigenvalue weighted by Gasteiger charge is -2.16. The van der Waals surface area contributed by atoms with Crippen LogP contribution in [0.4, 0.5) is 5.69 Å². The molecule has 0 saturated heterocycles. The van der Waals surface area contributed by atoms with E-state index in [1.165, 1.54) is 11.1 Å². The second-order valence-corrected chi connectivity index (χ2v) is 8.47. The molecule has 1 N–H and O–H groups in total. The third-order valence-electron chi connectivity index (χ3n) is 4.46. The fourth-order valence-electron chi connectivity index (χ4n) is 2.88. The molecule has 0 amide bonds. The normalized spacial score (nSPS) is 10.6. The van der Waals surface area contributed by atoms with Crippen LogP contribution in [0, 0.1) is 13.8 Å². The summed E-state index contributed by atoms with van der Waals surface area (Å²) in [5, 5.41) is 3.51. The number of rotatable bonds is 7. The Labute approximate surface area is 183 Å². The second-order valence-electron chi connectivity index (χ2n) is 6.70. The number of halogens is 2. The molecule has 0 saturated carbocycles. The molecule has 0 spiro atoms. The summed E-state index contributed by atoms with van der Waals surface area (Å²) in [6.07, 6.45) is 0. The maximum atomic E-state index is 6.03. The van der Waals surface area contributed by atoms with Gasteiger partial charge in [-0.05, 0) is 82.4 Å². The van der Waals surface area contributed by atoms with E-state index in [0.717, 1.165) is 25.8 Å². The molecular formula is C23H23Br2NO2. The van der Waals surface area contributed by atoms with Crippen molar-refractivity contribution in [2.24, 2.45) is 0 Å². The SMILES string of the molecule is COc1cc(CNc2cc(C)ccc2C)cc(Br)c1OCc1ccc(Br)cc1. The number of anilines is 1. The second kappa shape index (κ2) is 9.48. The highest BCUT2D eigenvalue weighted by atomic mass is 79.9. The van der Waals surface area contributed by atoms with Crippen molar-refractivity contribution in [3.63, 3.8) is 0 Å². The summed E-state index contributed by atoms with van der Waals surface area (Å²) < 4.78 is 13.5. The van der Waals surface area contributed by atoms with Gasteiger partial charge in [-0.3, -0.25) is 0 Å². The Morgan fingerprint density at radius 3 is 2.36 bits per heavy atom. The van der Waals surface area contributed by atoms with Crippen LogP contribution in [0.3, 0.4) is 0 Å². The third-order valence-corrected chi connectivity index (χ3v) is 5.58. The summed E-state index contributed by atoms with van der Waals surface area (Å²) in [4.78, 5) is 0. The molecule has 28 heavy (non-hydrogen) atoms. The van der Waals surface area contributed by atoms with E-state index < -0.39 is 0 Å². The first-order valence-electron chi connectivity index (χ1n) is 9.01. The molecule has 0 bridgehead atoms. The highest BCUT2D eigenvalue weighted by Crippen LogP contribution is 2.37. The number of benzene rings is 3. The predicted molar refractivity (Wildman–Crippen MR) is 122 cm³/mol. The van der Waals surface area contributed by atoms with Gasteiger partial charge in [-0.1, -0.05) is 40.2 Å². The quantitative estimate of drug-likeness (QED) is 0.374. The van der Waals surface area contributed by atoms with Crippen molar-refractivity contribution in [1.29, 1.82) is 0 Å². The lowest BCUT2D eigenvalue weighted by molar-refractivity contribution is 0.282. The zero-order chi connectivity index (χ0) is 20.1. The van der Waals surface area contributed by atoms with Crippen LogP contribution < -0.4 is 14.8 Å². The Balaban J connectivity index is 1.73. The summed E-state index contributed by atoms with van der Waals surface area (Å²) in [6, 6.07) is 18.6. The summed E-state index contributed by atoms with van der Waals surface area (Å²) in [7, 11) is 1.66. The van der Waals surface area contributed by atoms with Crippen LogP contribution in [-0.4, -0.2) is 7.11 Å². The largest absolute Gasteiger partial charge is 0.493 e. The Kier molecular flexibility index (Phi) is 7.03. The van der Waals surface area contributed by atoms with Gasteiger partial charge in [-0.2, -0.15) is 0 Å². The molecular weight excluding hydrogens is 482 g/mol. The van der Waals surface area contributed by atoms with Crippen LogP contribution in [0.1, 0.15) is 22.3 Å². The average Bonchev–Trinajstić information content (AvgIpc) is 2.68. The molecule has 0 aliphatic heterocycles. The summed E-state index contributed by atoms with van der Waals surface area (Å²) in [6.45, 7) is 5.38. The minimum atomic E-state index is 0.475. The molecule has 0 unspecified atom stereocenters. The highest BCUT2D eigenvalue weighted by Gasteiger charge is 2.12. The monoisotopic (exact) mass is 503 g/mol. The van der Waals surface area contributed by atoms with E-state index in [-0.39, 0.29) is 0 Å². The maximum Gasteiger partial charge on any atom is 0.175 e. The minimum absolute atomic E-state index is 0.475. The molecule has 5 heteroatoms. The lowest BCUT2D eigenvalue weighted by Crippen LogP contribution is -2.04. The highest BCUT2D eigenvalue weighted by molar-refractivity contribution is 9.10. The smallest absolute Gasteiger partial charge is 0.175 e. The van der Waals surface area contributed by atoms with Crippen molar-refractivity contribution in [2.75, 3.05) is 12.4 Å². The number of methoxy groups -OCH3 is 1. The fraction of sp³-hybridized carbons (Fsp3) is 0.217. The van der Waals surface area contributed by atoms with Crippen LogP contribution in [-0.2, 0) is 13.2 Å². The van der Waals surface area contributed by atoms with Gasteiger partial charge in [0.25, 0.3) is 0 Å². The van der Waals surface area contributed by atoms with Crippen molar-refractivity contribution in [2.45, 2.75) is 27.0 Å². The third kappa shape index (κ3) is 5.30. The number of aryl methyl sites for hydroxylation is 2. The molecule has 0 atom stereocenters. The molecule has 0 aromatic heterocycles. The molecule has 0 fully saturated rings. The van der Waals surface area contributed by atoms with Crippen molar-refractivity contribution in [3.05, 3.63) is 85.8 Å². The number of hydrogen-bond donors (Lipinski definition) is 1. The summed E-state index contributed by atoms with van der Waals surface area (Å²) in [5.74, 6) is 1.42. The zero-order valence-corrected chi connectivity index (χ0v) is 19.4. The molecule has 0 radical (unpaired) electrons. The van der Waals surface area contributed by atoms with Crippen molar-refractivity contribution >= 4 is 37.5 Å². The van der Waals surface area contributed by atoms with E-state index in [1.54, 1.807) is 7.11 Å². The molecule has 3 aromatic rings. The first-order valence-corrected chi connectivity index (χ1v) is 10.6. The number of hydrogen-bond acceptors (Lipinski definition) is 3. The first-order chi connectivity index (χ1) is 13.5. The van der Waals surface area contributed by atoms with E-state index >= 15 is 0 Å². The van der Waals surface area contributed by atoms with Gasteiger partial charge in [0.05, 0.1) is 11.6 Å². The van der Waals surface area contributed by atoms with Crippen molar-refractivity contribution in [3.8, 4) is 11.5 Å². The van der Waals surface area contributed by atoms with Gasteiger partial charge in [0, 0.05) is 16.7 Å². The standard InChI is InChI=1S/C23H23Br2NO2/c1-15-4-5-16(2)21(10-15)26-13-18-11-20(25)23(22(12-18)27-3)28-14-17-6-8-19(24)9-7-17/h4-12,26H,13-14H2,1-3H3. The number of nitrogens with one attached hydrogen (secondary N) is 1. The van der Waals surface area contributed by atoms with Gasteiger partial charge in [0.2, 0.25) is 0 Å². The lowest BCUT2D eigenvalue weighted by atomic mass is 10.1. The molecule has 0 aliphatic rings. The summed E-state index contributed by atoms with van der Waals surface area (Å²) in [5.41, 5.74) is 5.82. The van der Waals surface area contributed by atoms with Crippen molar-refractivity contribution < 1.29 is 9.47 Å². The van der Waals surface area contributed by atoms with E-state index in [4.69, 9.17) is 9.47 Å². The van der Waals surface area contributed by atoms with Crippen LogP contribution >= 0.6 is 31.9 Å². The van der Waals surface area contributed by atoms with Gasteiger partial charge in [0.15, 0.2) is 11.5 Å². The van der Waals surface area contributed by atoms with Gasteiger partial charge in [0.1, 0.15) is 6.61 Å². The Hall–Kier alpha value is -1.98. The Bertz CT molecular complexity index is 956. The molecule has 3 nitrogen and oxygen atoms in total. The van der Waals surface area contributed by atoms with Gasteiger partial charge in [-0.15, -0.1) is 0 Å². The van der Waals surface area contributed by atoms with E-state index in [0.29, 0.717) is 24.7 Å². The Morgan fingerprint density at radius 2 is 1.64 bits per heavy atom. The Morgan fingerprint density at radius 1 is 0.893 bits per heavy atom. The zero-order valence-electron chi connectivity index (χ0n) is 16.2. The molecule has 3 aromatic carbocycles. The minimum Gasteiger partial charge on any atom is -0.493 e. The molecule has 3 rings (SSSR count). The molecule has 0 aliphatic carbocycles. The van der Waals surface area contributed by atoms with E-state index in [9.17, 15) is 0 Å². The van der Waals surface area contributed by atoms with Gasteiger partial charge < -0.3 is 14.8 Å². The van der Waals surface area contributed by atoms with Crippen LogP contribution in [0.25, 0.3) is 0 Å². The van der Waals surface area contributed by atoms with E-state index in [2.05, 4.69) is 75.3 Å². The summed E-state index contributed by atoms with van der Waals surface area (Å²) >= 11 is 7.09. The van der Waals surface area contributed by atoms with Crippen LogP contribution in [0.2, 0.25) is 0 Å². The molecule has 146 valence electrons. The maximum absolute atomic E-state index is 6.03. The van der Waals surface area contributed by atoms with Gasteiger partial charge >= 0.3 is 0 Å². The van der Waals surface area contributed by atoms with Crippen LogP contribution in [0.5, 0.6) is 11.5 Å². The van der Waals surface area contributed by atoms with E-state index in [1.807, 2.05) is 30.3 Å². The van der Waals surface area contributed by atoms with Gasteiger partial charge in [-0.25, -0.2) is 0 Å². The van der Waals surface area contributed by atoms with Crippen molar-refractivity contribution in [1.82, 2.24) is 0 Å². The average molecular weight is 505 g/mol. The first kappa shape index (κ1) is 20.7. The van der Waals surface area contributed by atoms with Crippen LogP contribution in [0.15, 0.2) is 63.5 Å².